The van der Waals surface area contributed by atoms with Crippen molar-refractivity contribution in [1.29, 1.82) is 0 Å². The number of hydrogen-bond acceptors (Lipinski definition) is 3. The lowest BCUT2D eigenvalue weighted by molar-refractivity contribution is 0.252. The van der Waals surface area contributed by atoms with Gasteiger partial charge in [0.2, 0.25) is 0 Å². The molecule has 134 valence electrons. The number of benzene rings is 2. The van der Waals surface area contributed by atoms with E-state index in [0.717, 1.165) is 17.1 Å². The van der Waals surface area contributed by atoms with Crippen LogP contribution in [0.1, 0.15) is 28.3 Å². The smallest absolute Gasteiger partial charge is 0.319 e. The standard InChI is InChI=1S/C20H23N5O/c1-14-7-9-16(10-8-14)13-19-23-18(24-25-19)11-12-21-20(26)22-17-6-4-3-5-15(17)2/h3-10H,11-13H2,1-2H3,(H2,21,22,26)(H,23,24,25). The van der Waals surface area contributed by atoms with Gasteiger partial charge >= 0.3 is 6.03 Å². The van der Waals surface area contributed by atoms with Gasteiger partial charge in [-0.15, -0.1) is 0 Å². The van der Waals surface area contributed by atoms with Crippen LogP contribution in [0.2, 0.25) is 0 Å². The van der Waals surface area contributed by atoms with Crippen LogP contribution in [0.25, 0.3) is 0 Å². The molecule has 3 aromatic rings. The third-order valence-electron chi connectivity index (χ3n) is 4.10. The summed E-state index contributed by atoms with van der Waals surface area (Å²) in [7, 11) is 0. The number of H-pyrrole nitrogens is 1. The molecule has 0 radical (unpaired) electrons. The van der Waals surface area contributed by atoms with E-state index < -0.39 is 0 Å². The maximum Gasteiger partial charge on any atom is 0.319 e. The molecule has 0 atom stereocenters. The number of nitrogens with one attached hydrogen (secondary N) is 3. The lowest BCUT2D eigenvalue weighted by Gasteiger charge is -2.08. The molecule has 1 heterocycles. The van der Waals surface area contributed by atoms with Gasteiger partial charge < -0.3 is 10.6 Å². The largest absolute Gasteiger partial charge is 0.337 e. The quantitative estimate of drug-likeness (QED) is 0.638. The predicted octanol–water partition coefficient (Wildman–Crippen LogP) is 3.38. The van der Waals surface area contributed by atoms with Crippen molar-refractivity contribution >= 4 is 11.7 Å². The highest BCUT2D eigenvalue weighted by Gasteiger charge is 2.07. The Morgan fingerprint density at radius 1 is 1.08 bits per heavy atom. The number of carbonyl (C=O) groups is 1. The van der Waals surface area contributed by atoms with Gasteiger partial charge in [0.05, 0.1) is 0 Å². The lowest BCUT2D eigenvalue weighted by atomic mass is 10.1. The third-order valence-corrected chi connectivity index (χ3v) is 4.10. The summed E-state index contributed by atoms with van der Waals surface area (Å²) in [6, 6.07) is 15.8. The number of para-hydroxylation sites is 1. The highest BCUT2D eigenvalue weighted by Crippen LogP contribution is 2.12. The van der Waals surface area contributed by atoms with Crippen molar-refractivity contribution in [3.05, 3.63) is 76.9 Å². The van der Waals surface area contributed by atoms with Crippen LogP contribution in [0.15, 0.2) is 48.5 Å². The van der Waals surface area contributed by atoms with Crippen molar-refractivity contribution in [2.45, 2.75) is 26.7 Å². The summed E-state index contributed by atoms with van der Waals surface area (Å²) in [6.07, 6.45) is 1.29. The first-order valence-corrected chi connectivity index (χ1v) is 8.66. The molecule has 0 aliphatic heterocycles. The second-order valence-corrected chi connectivity index (χ2v) is 6.31. The summed E-state index contributed by atoms with van der Waals surface area (Å²) in [5.41, 5.74) is 4.26. The Balaban J connectivity index is 1.45. The predicted molar refractivity (Wildman–Crippen MR) is 102 cm³/mol. The number of urea groups is 1. The molecule has 1 aromatic heterocycles. The Morgan fingerprint density at radius 2 is 1.85 bits per heavy atom. The summed E-state index contributed by atoms with van der Waals surface area (Å²) in [6.45, 7) is 4.50. The monoisotopic (exact) mass is 349 g/mol. The molecule has 0 aliphatic rings. The lowest BCUT2D eigenvalue weighted by Crippen LogP contribution is -2.30. The van der Waals surface area contributed by atoms with Gasteiger partial charge in [-0.1, -0.05) is 48.0 Å². The number of nitrogens with zero attached hydrogens (tertiary/aromatic N) is 2. The van der Waals surface area contributed by atoms with Crippen LogP contribution < -0.4 is 10.6 Å². The van der Waals surface area contributed by atoms with Gasteiger partial charge in [0.1, 0.15) is 5.82 Å². The maximum absolute atomic E-state index is 12.0. The van der Waals surface area contributed by atoms with E-state index in [1.54, 1.807) is 0 Å². The fourth-order valence-electron chi connectivity index (χ4n) is 2.59. The maximum atomic E-state index is 12.0. The van der Waals surface area contributed by atoms with E-state index in [-0.39, 0.29) is 6.03 Å². The molecule has 2 amide bonds. The van der Waals surface area contributed by atoms with Gasteiger partial charge in [-0.05, 0) is 31.0 Å². The number of anilines is 1. The van der Waals surface area contributed by atoms with Crippen molar-refractivity contribution in [3.63, 3.8) is 0 Å². The second kappa shape index (κ2) is 8.29. The van der Waals surface area contributed by atoms with Crippen molar-refractivity contribution in [3.8, 4) is 0 Å². The SMILES string of the molecule is Cc1ccc(Cc2nc(CCNC(=O)Nc3ccccc3C)n[nH]2)cc1. The first-order valence-electron chi connectivity index (χ1n) is 8.66. The van der Waals surface area contributed by atoms with Crippen molar-refractivity contribution in [2.75, 3.05) is 11.9 Å². The number of rotatable bonds is 6. The van der Waals surface area contributed by atoms with Crippen LogP contribution in [0.3, 0.4) is 0 Å². The fourth-order valence-corrected chi connectivity index (χ4v) is 2.59. The van der Waals surface area contributed by atoms with Gasteiger partial charge in [0.25, 0.3) is 0 Å². The van der Waals surface area contributed by atoms with Gasteiger partial charge in [-0.2, -0.15) is 5.10 Å². The molecule has 0 saturated heterocycles. The van der Waals surface area contributed by atoms with E-state index in [1.807, 2.05) is 31.2 Å². The van der Waals surface area contributed by atoms with Crippen molar-refractivity contribution in [1.82, 2.24) is 20.5 Å². The Labute approximate surface area is 153 Å². The first kappa shape index (κ1) is 17.7. The van der Waals surface area contributed by atoms with Crippen LogP contribution >= 0.6 is 0 Å². The number of aromatic amines is 1. The summed E-state index contributed by atoms with van der Waals surface area (Å²) in [5, 5.41) is 12.9. The van der Waals surface area contributed by atoms with Crippen LogP contribution in [0.4, 0.5) is 10.5 Å². The summed E-state index contributed by atoms with van der Waals surface area (Å²) in [5.74, 6) is 1.52. The zero-order valence-corrected chi connectivity index (χ0v) is 15.0. The zero-order chi connectivity index (χ0) is 18.4. The molecule has 0 fully saturated rings. The molecule has 0 aliphatic carbocycles. The van der Waals surface area contributed by atoms with Crippen molar-refractivity contribution in [2.24, 2.45) is 0 Å². The number of hydrogen-bond donors (Lipinski definition) is 3. The van der Waals surface area contributed by atoms with Crippen molar-refractivity contribution < 1.29 is 4.79 Å². The number of aromatic nitrogens is 3. The average molecular weight is 349 g/mol. The molecule has 0 spiro atoms. The number of amides is 2. The van der Waals surface area contributed by atoms with Gasteiger partial charge in [-0.25, -0.2) is 9.78 Å². The summed E-state index contributed by atoms with van der Waals surface area (Å²) in [4.78, 5) is 16.4. The second-order valence-electron chi connectivity index (χ2n) is 6.31. The minimum atomic E-state index is -0.227. The Hall–Kier alpha value is -3.15. The number of aryl methyl sites for hydroxylation is 2. The van der Waals surface area contributed by atoms with E-state index >= 15 is 0 Å². The van der Waals surface area contributed by atoms with Gasteiger partial charge in [0.15, 0.2) is 5.82 Å². The minimum Gasteiger partial charge on any atom is -0.337 e. The molecule has 0 unspecified atom stereocenters. The Morgan fingerprint density at radius 3 is 2.62 bits per heavy atom. The van der Waals surface area contributed by atoms with Crippen LogP contribution in [0, 0.1) is 13.8 Å². The first-order chi connectivity index (χ1) is 12.6. The minimum absolute atomic E-state index is 0.227. The average Bonchev–Trinajstić information content (AvgIpc) is 3.06. The van der Waals surface area contributed by atoms with E-state index in [1.165, 1.54) is 11.1 Å². The summed E-state index contributed by atoms with van der Waals surface area (Å²) >= 11 is 0. The summed E-state index contributed by atoms with van der Waals surface area (Å²) < 4.78 is 0. The van der Waals surface area contributed by atoms with Crippen LogP contribution in [-0.4, -0.2) is 27.8 Å². The molecule has 6 heteroatoms. The molecule has 0 saturated carbocycles. The van der Waals surface area contributed by atoms with Gasteiger partial charge in [-0.3, -0.25) is 5.10 Å². The normalized spacial score (nSPS) is 10.5. The highest BCUT2D eigenvalue weighted by atomic mass is 16.2. The third kappa shape index (κ3) is 4.92. The number of carbonyl (C=O) groups excluding carboxylic acids is 1. The molecule has 26 heavy (non-hydrogen) atoms. The molecular weight excluding hydrogens is 326 g/mol. The zero-order valence-electron chi connectivity index (χ0n) is 15.0. The Bertz CT molecular complexity index is 870. The molecule has 2 aromatic carbocycles. The van der Waals surface area contributed by atoms with E-state index in [9.17, 15) is 4.79 Å². The molecule has 3 N–H and O–H groups in total. The topological polar surface area (TPSA) is 82.7 Å². The van der Waals surface area contributed by atoms with E-state index in [0.29, 0.717) is 25.2 Å². The molecule has 0 bridgehead atoms. The van der Waals surface area contributed by atoms with Crippen LogP contribution in [0.5, 0.6) is 0 Å². The molecule has 6 nitrogen and oxygen atoms in total. The highest BCUT2D eigenvalue weighted by molar-refractivity contribution is 5.89. The molecule has 3 rings (SSSR count). The van der Waals surface area contributed by atoms with E-state index in [2.05, 4.69) is 57.0 Å². The molecular formula is C20H23N5O. The Kier molecular flexibility index (Phi) is 5.63. The van der Waals surface area contributed by atoms with Crippen LogP contribution in [-0.2, 0) is 12.8 Å². The van der Waals surface area contributed by atoms with Gasteiger partial charge in [0, 0.05) is 25.1 Å². The van der Waals surface area contributed by atoms with E-state index in [4.69, 9.17) is 0 Å². The fraction of sp³-hybridized carbons (Fsp3) is 0.250.